The van der Waals surface area contributed by atoms with Crippen LogP contribution in [0.3, 0.4) is 0 Å². The van der Waals surface area contributed by atoms with Crippen LogP contribution < -0.4 is 0 Å². The zero-order chi connectivity index (χ0) is 42.6. The van der Waals surface area contributed by atoms with Crippen LogP contribution in [0, 0.1) is 5.92 Å². The van der Waals surface area contributed by atoms with Gasteiger partial charge in [-0.15, -0.1) is 0 Å². The Hall–Kier alpha value is -2.22. The molecule has 0 aromatic carbocycles. The maximum atomic E-state index is 12.6. The van der Waals surface area contributed by atoms with E-state index in [1.807, 2.05) is 43.4 Å². The summed E-state index contributed by atoms with van der Waals surface area (Å²) in [5, 5.41) is 19.2. The Morgan fingerprint density at radius 3 is 1.77 bits per heavy atom. The number of aliphatic hydroxyl groups excluding tert-OH is 2. The van der Waals surface area contributed by atoms with Gasteiger partial charge in [0.1, 0.15) is 12.7 Å². The Morgan fingerprint density at radius 1 is 0.614 bits per heavy atom. The van der Waals surface area contributed by atoms with Crippen LogP contribution in [0.5, 0.6) is 0 Å². The van der Waals surface area contributed by atoms with Crippen molar-refractivity contribution in [2.45, 2.75) is 155 Å². The number of phosphoric ester groups is 2. The van der Waals surface area contributed by atoms with Crippen molar-refractivity contribution in [1.29, 1.82) is 0 Å². The van der Waals surface area contributed by atoms with Crippen molar-refractivity contribution in [3.05, 3.63) is 60.8 Å². The highest BCUT2D eigenvalue weighted by molar-refractivity contribution is 7.47. The number of hydrogen-bond acceptors (Lipinski definition) is 11. The lowest BCUT2D eigenvalue weighted by Gasteiger charge is -2.20. The first-order valence-corrected chi connectivity index (χ1v) is 23.5. The van der Waals surface area contributed by atoms with E-state index in [2.05, 4.69) is 41.1 Å². The third-order valence-electron chi connectivity index (χ3n) is 8.61. The zero-order valence-electron chi connectivity index (χ0n) is 34.4. The average molecular weight is 851 g/mol. The molecule has 0 heterocycles. The van der Waals surface area contributed by atoms with Crippen LogP contribution in [0.2, 0.25) is 0 Å². The Bertz CT molecular complexity index is 1280. The quantitative estimate of drug-likeness (QED) is 0.0130. The van der Waals surface area contributed by atoms with Crippen LogP contribution >= 0.6 is 15.6 Å². The lowest BCUT2D eigenvalue weighted by Crippen LogP contribution is -2.29. The molecule has 0 aromatic rings. The van der Waals surface area contributed by atoms with Gasteiger partial charge >= 0.3 is 27.6 Å². The van der Waals surface area contributed by atoms with Gasteiger partial charge in [0.15, 0.2) is 6.10 Å². The maximum absolute atomic E-state index is 12.6. The molecule has 0 rings (SSSR count). The van der Waals surface area contributed by atoms with E-state index >= 15 is 0 Å². The van der Waals surface area contributed by atoms with Crippen molar-refractivity contribution in [2.24, 2.45) is 5.92 Å². The molecule has 0 bridgehead atoms. The minimum Gasteiger partial charge on any atom is -0.462 e. The molecule has 0 aliphatic rings. The normalized spacial score (nSPS) is 15.9. The summed E-state index contributed by atoms with van der Waals surface area (Å²) in [5.74, 6) is -0.338. The van der Waals surface area contributed by atoms with E-state index in [0.29, 0.717) is 25.7 Å². The predicted molar refractivity (Wildman–Crippen MR) is 222 cm³/mol. The van der Waals surface area contributed by atoms with Crippen molar-refractivity contribution in [1.82, 2.24) is 0 Å². The lowest BCUT2D eigenvalue weighted by molar-refractivity contribution is -0.161. The van der Waals surface area contributed by atoms with Crippen LogP contribution in [0.1, 0.15) is 136 Å². The molecule has 0 aliphatic heterocycles. The summed E-state index contributed by atoms with van der Waals surface area (Å²) in [5.41, 5.74) is 0. The van der Waals surface area contributed by atoms with Gasteiger partial charge in [-0.05, 0) is 50.9 Å². The molecule has 2 unspecified atom stereocenters. The highest BCUT2D eigenvalue weighted by Crippen LogP contribution is 2.43. The fraction of sp³-hybridized carbons (Fsp3) is 0.707. The van der Waals surface area contributed by atoms with E-state index in [1.165, 1.54) is 38.5 Å². The van der Waals surface area contributed by atoms with E-state index in [0.717, 1.165) is 44.4 Å². The molecule has 5 N–H and O–H groups in total. The van der Waals surface area contributed by atoms with Crippen LogP contribution in [0.25, 0.3) is 0 Å². The highest BCUT2D eigenvalue weighted by atomic mass is 31.2. The Balaban J connectivity index is 4.69. The Kier molecular flexibility index (Phi) is 34.3. The third-order valence-corrected chi connectivity index (χ3v) is 10.0. The summed E-state index contributed by atoms with van der Waals surface area (Å²) in [7, 11) is -9.70. The molecule has 0 aliphatic carbocycles. The van der Waals surface area contributed by atoms with Crippen molar-refractivity contribution in [3.8, 4) is 0 Å². The Labute approximate surface area is 341 Å². The fourth-order valence-corrected chi connectivity index (χ4v) is 6.11. The number of esters is 2. The maximum Gasteiger partial charge on any atom is 0.472 e. The van der Waals surface area contributed by atoms with Gasteiger partial charge < -0.3 is 34.4 Å². The monoisotopic (exact) mass is 850 g/mol. The van der Waals surface area contributed by atoms with E-state index in [4.69, 9.17) is 23.8 Å². The molecule has 16 heteroatoms. The van der Waals surface area contributed by atoms with E-state index in [-0.39, 0.29) is 12.8 Å². The molecule has 0 radical (unpaired) electrons. The molecule has 0 amide bonds. The average Bonchev–Trinajstić information content (AvgIpc) is 3.17. The van der Waals surface area contributed by atoms with Gasteiger partial charge in [-0.1, -0.05) is 139 Å². The highest BCUT2D eigenvalue weighted by Gasteiger charge is 2.28. The molecule has 330 valence electrons. The number of unbranched alkanes of at least 4 members (excludes halogenated alkanes) is 8. The van der Waals surface area contributed by atoms with E-state index < -0.39 is 72.3 Å². The number of rotatable bonds is 37. The van der Waals surface area contributed by atoms with E-state index in [1.54, 1.807) is 6.08 Å². The van der Waals surface area contributed by atoms with Crippen LogP contribution in [-0.4, -0.2) is 81.6 Å². The number of carbonyl (C=O) groups is 2. The number of ether oxygens (including phenoxy) is 2. The summed E-state index contributed by atoms with van der Waals surface area (Å²) in [6.07, 6.45) is 31.9. The van der Waals surface area contributed by atoms with Crippen molar-refractivity contribution < 1.29 is 66.7 Å². The third kappa shape index (κ3) is 39.0. The zero-order valence-corrected chi connectivity index (χ0v) is 36.2. The molecule has 14 nitrogen and oxygen atoms in total. The molecule has 0 spiro atoms. The minimum atomic E-state index is -4.87. The molecular formula is C41H72O14P2. The number of hydrogen-bond donors (Lipinski definition) is 5. The van der Waals surface area contributed by atoms with Crippen LogP contribution in [0.15, 0.2) is 60.8 Å². The molecule has 0 saturated heterocycles. The second-order valence-corrected chi connectivity index (χ2v) is 16.7. The topological polar surface area (TPSA) is 216 Å². The predicted octanol–water partition coefficient (Wildman–Crippen LogP) is 8.88. The summed E-state index contributed by atoms with van der Waals surface area (Å²) in [6.45, 7) is 3.63. The van der Waals surface area contributed by atoms with Gasteiger partial charge in [0, 0.05) is 12.8 Å². The summed E-state index contributed by atoms with van der Waals surface area (Å²) in [4.78, 5) is 52.5. The number of phosphoric acid groups is 2. The molecule has 0 aromatic heterocycles. The first-order valence-electron chi connectivity index (χ1n) is 20.5. The number of aliphatic hydroxyl groups is 2. The first-order chi connectivity index (χ1) is 27.2. The largest absolute Gasteiger partial charge is 0.472 e. The van der Waals surface area contributed by atoms with Gasteiger partial charge in [0.05, 0.1) is 25.9 Å². The van der Waals surface area contributed by atoms with Crippen molar-refractivity contribution in [2.75, 3.05) is 26.4 Å². The van der Waals surface area contributed by atoms with Crippen molar-refractivity contribution >= 4 is 27.6 Å². The number of allylic oxidation sites excluding steroid dienone is 9. The number of carbonyl (C=O) groups excluding carboxylic acids is 2. The molecule has 57 heavy (non-hydrogen) atoms. The van der Waals surface area contributed by atoms with Gasteiger partial charge in [-0.3, -0.25) is 23.2 Å². The molecule has 0 saturated carbocycles. The molecule has 0 fully saturated rings. The SMILES string of the molecule is CCC(C)CCCCCCCCCCC(=O)OC[C@H](COP(=O)(O)OC[C@@H](O)COP(=O)(O)O)OC(=O)CCC/C=C\C/C=C\C/C=C\C/C=C\C=C\[C@H](O)CC. The van der Waals surface area contributed by atoms with Gasteiger partial charge in [-0.25, -0.2) is 9.13 Å². The second kappa shape index (κ2) is 35.7. The van der Waals surface area contributed by atoms with Gasteiger partial charge in [0.25, 0.3) is 0 Å². The lowest BCUT2D eigenvalue weighted by atomic mass is 9.99. The van der Waals surface area contributed by atoms with Gasteiger partial charge in [0.2, 0.25) is 0 Å². The second-order valence-electron chi connectivity index (χ2n) is 14.0. The van der Waals surface area contributed by atoms with Crippen molar-refractivity contribution in [3.63, 3.8) is 0 Å². The summed E-state index contributed by atoms with van der Waals surface area (Å²) >= 11 is 0. The standard InChI is InChI=1S/C41H72O14P2/c1-4-36(3)28-24-20-16-14-15-18-22-26-30-40(44)51-34-39(35-54-57(49,50)53-33-38(43)32-52-56(46,47)48)55-41(45)31-27-23-19-13-11-9-7-6-8-10-12-17-21-25-29-37(42)5-2/h7-10,13,17,19,21,25,29,36-39,42-43H,4-6,11-12,14-16,18,20,22-24,26-28,30-35H2,1-3H3,(H,49,50)(H2,46,47,48)/b9-7-,10-8-,19-13-,21-17-,29-25+/t36?,37-,38+,39-/m1/s1. The van der Waals surface area contributed by atoms with Crippen LogP contribution in [-0.2, 0) is 41.8 Å². The van der Waals surface area contributed by atoms with Crippen LogP contribution in [0.4, 0.5) is 0 Å². The summed E-state index contributed by atoms with van der Waals surface area (Å²) < 4.78 is 47.6. The first kappa shape index (κ1) is 54.8. The minimum absolute atomic E-state index is 0.0375. The van der Waals surface area contributed by atoms with Gasteiger partial charge in [-0.2, -0.15) is 0 Å². The smallest absolute Gasteiger partial charge is 0.462 e. The van der Waals surface area contributed by atoms with E-state index in [9.17, 15) is 33.8 Å². The fourth-order valence-electron chi connectivity index (χ4n) is 4.96. The summed E-state index contributed by atoms with van der Waals surface area (Å²) in [6, 6.07) is 0. The molecule has 5 atom stereocenters. The molecular weight excluding hydrogens is 778 g/mol. The Morgan fingerprint density at radius 2 is 1.16 bits per heavy atom.